The molecule has 0 aliphatic heterocycles. The number of aromatic nitrogens is 3. The van der Waals surface area contributed by atoms with Gasteiger partial charge in [-0.3, -0.25) is 0 Å². The number of nitrogens with zero attached hydrogens (tertiary/aromatic N) is 2. The fourth-order valence-corrected chi connectivity index (χ4v) is 2.60. The first-order chi connectivity index (χ1) is 8.37. The fraction of sp³-hybridized carbons (Fsp3) is 0.333. The Bertz CT molecular complexity index is 620. The van der Waals surface area contributed by atoms with E-state index in [1.54, 1.807) is 16.8 Å². The standard InChI is InChI=1S/C9H7BrF3N3S2/c10-5-3-6-7(14-4-5)16(8(17)15-6)1-2-18-9(11,12)13/h3-4H,1-2H2,(H,15,17). The highest BCUT2D eigenvalue weighted by Gasteiger charge is 2.27. The Hall–Kier alpha value is -0.540. The average molecular weight is 358 g/mol. The molecule has 18 heavy (non-hydrogen) atoms. The molecule has 0 saturated heterocycles. The molecule has 2 aromatic rings. The quantitative estimate of drug-likeness (QED) is 0.839. The predicted molar refractivity (Wildman–Crippen MR) is 71.1 cm³/mol. The van der Waals surface area contributed by atoms with Gasteiger partial charge in [0, 0.05) is 23.0 Å². The molecule has 0 amide bonds. The highest BCUT2D eigenvalue weighted by atomic mass is 79.9. The second kappa shape index (κ2) is 5.22. The Morgan fingerprint density at radius 1 is 1.50 bits per heavy atom. The minimum atomic E-state index is -4.22. The molecule has 0 spiro atoms. The van der Waals surface area contributed by atoms with Crippen LogP contribution in [-0.2, 0) is 6.54 Å². The van der Waals surface area contributed by atoms with E-state index in [1.165, 1.54) is 0 Å². The summed E-state index contributed by atoms with van der Waals surface area (Å²) in [5.41, 5.74) is -2.96. The molecule has 0 saturated carbocycles. The number of nitrogens with one attached hydrogen (secondary N) is 1. The summed E-state index contributed by atoms with van der Waals surface area (Å²) >= 11 is 8.27. The molecule has 2 heterocycles. The van der Waals surface area contributed by atoms with Crippen LogP contribution in [0.2, 0.25) is 0 Å². The molecule has 0 bridgehead atoms. The molecule has 9 heteroatoms. The number of fused-ring (bicyclic) bond motifs is 1. The van der Waals surface area contributed by atoms with E-state index in [0.717, 1.165) is 4.47 Å². The maximum absolute atomic E-state index is 12.0. The van der Waals surface area contributed by atoms with E-state index in [0.29, 0.717) is 15.9 Å². The Kier molecular flexibility index (Phi) is 4.02. The van der Waals surface area contributed by atoms with E-state index in [-0.39, 0.29) is 24.1 Å². The van der Waals surface area contributed by atoms with Gasteiger partial charge in [0.05, 0.1) is 5.52 Å². The number of halogens is 4. The zero-order chi connectivity index (χ0) is 13.3. The van der Waals surface area contributed by atoms with E-state index in [9.17, 15) is 13.2 Å². The Balaban J connectivity index is 2.23. The number of hydrogen-bond acceptors (Lipinski definition) is 3. The van der Waals surface area contributed by atoms with Gasteiger partial charge in [-0.2, -0.15) is 13.2 Å². The third kappa shape index (κ3) is 3.27. The van der Waals surface area contributed by atoms with Crippen LogP contribution in [0.3, 0.4) is 0 Å². The van der Waals surface area contributed by atoms with Crippen LogP contribution >= 0.6 is 39.9 Å². The number of H-pyrrole nitrogens is 1. The normalized spacial score (nSPS) is 12.2. The molecule has 1 N–H and O–H groups in total. The monoisotopic (exact) mass is 357 g/mol. The zero-order valence-corrected chi connectivity index (χ0v) is 12.0. The van der Waals surface area contributed by atoms with Crippen molar-refractivity contribution in [2.24, 2.45) is 0 Å². The molecule has 3 nitrogen and oxygen atoms in total. The van der Waals surface area contributed by atoms with E-state index in [1.807, 2.05) is 0 Å². The number of rotatable bonds is 3. The number of pyridine rings is 1. The lowest BCUT2D eigenvalue weighted by molar-refractivity contribution is -0.0328. The van der Waals surface area contributed by atoms with Crippen molar-refractivity contribution in [3.05, 3.63) is 21.5 Å². The second-order valence-electron chi connectivity index (χ2n) is 3.40. The van der Waals surface area contributed by atoms with E-state index >= 15 is 0 Å². The van der Waals surface area contributed by atoms with Gasteiger partial charge in [-0.25, -0.2) is 4.98 Å². The van der Waals surface area contributed by atoms with Crippen molar-refractivity contribution >= 4 is 51.1 Å². The fourth-order valence-electron chi connectivity index (χ4n) is 1.48. The van der Waals surface area contributed by atoms with Crippen LogP contribution in [-0.4, -0.2) is 25.8 Å². The third-order valence-electron chi connectivity index (χ3n) is 2.16. The molecule has 0 radical (unpaired) electrons. The first kappa shape index (κ1) is 13.9. The summed E-state index contributed by atoms with van der Waals surface area (Å²) in [6.45, 7) is 0.164. The molecule has 0 atom stereocenters. The van der Waals surface area contributed by atoms with Crippen molar-refractivity contribution in [3.8, 4) is 0 Å². The summed E-state index contributed by atoms with van der Waals surface area (Å²) in [6, 6.07) is 1.78. The first-order valence-corrected chi connectivity index (χ1v) is 7.00. The largest absolute Gasteiger partial charge is 0.441 e. The zero-order valence-electron chi connectivity index (χ0n) is 8.79. The van der Waals surface area contributed by atoms with Gasteiger partial charge in [0.1, 0.15) is 0 Å². The number of alkyl halides is 3. The van der Waals surface area contributed by atoms with Crippen LogP contribution in [0.5, 0.6) is 0 Å². The summed E-state index contributed by atoms with van der Waals surface area (Å²) in [6.07, 6.45) is 1.58. The number of aryl methyl sites for hydroxylation is 1. The van der Waals surface area contributed by atoms with E-state index < -0.39 is 5.51 Å². The molecule has 2 aromatic heterocycles. The molecular formula is C9H7BrF3N3S2. The summed E-state index contributed by atoms with van der Waals surface area (Å²) in [7, 11) is 0. The Morgan fingerprint density at radius 2 is 2.22 bits per heavy atom. The maximum Gasteiger partial charge on any atom is 0.441 e. The van der Waals surface area contributed by atoms with Crippen LogP contribution in [0.25, 0.3) is 11.2 Å². The van der Waals surface area contributed by atoms with Crippen LogP contribution in [0.15, 0.2) is 16.7 Å². The first-order valence-electron chi connectivity index (χ1n) is 4.81. The molecule has 0 aliphatic rings. The Labute approximate surface area is 118 Å². The van der Waals surface area contributed by atoms with Crippen molar-refractivity contribution in [2.75, 3.05) is 5.75 Å². The van der Waals surface area contributed by atoms with Gasteiger partial charge < -0.3 is 9.55 Å². The topological polar surface area (TPSA) is 33.6 Å². The van der Waals surface area contributed by atoms with Crippen molar-refractivity contribution in [3.63, 3.8) is 0 Å². The van der Waals surface area contributed by atoms with E-state index in [4.69, 9.17) is 12.2 Å². The van der Waals surface area contributed by atoms with Gasteiger partial charge in [-0.15, -0.1) is 0 Å². The second-order valence-corrected chi connectivity index (χ2v) is 5.86. The van der Waals surface area contributed by atoms with Crippen molar-refractivity contribution in [1.29, 1.82) is 0 Å². The molecule has 0 fully saturated rings. The van der Waals surface area contributed by atoms with Gasteiger partial charge in [0.2, 0.25) is 0 Å². The summed E-state index contributed by atoms with van der Waals surface area (Å²) in [5, 5.41) is 0. The summed E-state index contributed by atoms with van der Waals surface area (Å²) < 4.78 is 38.9. The Morgan fingerprint density at radius 3 is 2.89 bits per heavy atom. The lowest BCUT2D eigenvalue weighted by atomic mass is 10.4. The average Bonchev–Trinajstić information content (AvgIpc) is 2.52. The minimum absolute atomic E-state index is 0.0658. The molecule has 2 rings (SSSR count). The molecule has 0 unspecified atom stereocenters. The van der Waals surface area contributed by atoms with Crippen LogP contribution in [0.4, 0.5) is 13.2 Å². The highest BCUT2D eigenvalue weighted by Crippen LogP contribution is 2.30. The van der Waals surface area contributed by atoms with Crippen molar-refractivity contribution < 1.29 is 13.2 Å². The molecular weight excluding hydrogens is 351 g/mol. The van der Waals surface area contributed by atoms with Gasteiger partial charge >= 0.3 is 5.51 Å². The SMILES string of the molecule is FC(F)(F)SCCn1c(=S)[nH]c2cc(Br)cnc21. The minimum Gasteiger partial charge on any atom is -0.329 e. The van der Waals surface area contributed by atoms with Crippen molar-refractivity contribution in [2.45, 2.75) is 12.1 Å². The lowest BCUT2D eigenvalue weighted by Gasteiger charge is -2.06. The number of aromatic amines is 1. The van der Waals surface area contributed by atoms with Crippen LogP contribution in [0.1, 0.15) is 0 Å². The molecule has 0 aliphatic carbocycles. The highest BCUT2D eigenvalue weighted by molar-refractivity contribution is 9.10. The number of thioether (sulfide) groups is 1. The van der Waals surface area contributed by atoms with Crippen molar-refractivity contribution in [1.82, 2.24) is 14.5 Å². The predicted octanol–water partition coefficient (Wildman–Crippen LogP) is 4.11. The smallest absolute Gasteiger partial charge is 0.329 e. The lowest BCUT2D eigenvalue weighted by Crippen LogP contribution is -2.07. The van der Waals surface area contributed by atoms with Crippen LogP contribution in [0, 0.1) is 4.77 Å². The number of hydrogen-bond donors (Lipinski definition) is 1. The van der Waals surface area contributed by atoms with Gasteiger partial charge in [-0.05, 0) is 46.0 Å². The van der Waals surface area contributed by atoms with Gasteiger partial charge in [0.25, 0.3) is 0 Å². The molecule has 98 valence electrons. The van der Waals surface area contributed by atoms with Crippen LogP contribution < -0.4 is 0 Å². The summed E-state index contributed by atoms with van der Waals surface area (Å²) in [5.74, 6) is -0.0947. The van der Waals surface area contributed by atoms with Gasteiger partial charge in [0.15, 0.2) is 10.4 Å². The number of imidazole rings is 1. The van der Waals surface area contributed by atoms with Gasteiger partial charge in [-0.1, -0.05) is 0 Å². The summed E-state index contributed by atoms with van der Waals surface area (Å²) in [4.78, 5) is 7.05. The van der Waals surface area contributed by atoms with E-state index in [2.05, 4.69) is 25.9 Å². The third-order valence-corrected chi connectivity index (χ3v) is 3.63. The maximum atomic E-state index is 12.0. The molecule has 0 aromatic carbocycles.